The Bertz CT molecular complexity index is 209. The summed E-state index contributed by atoms with van der Waals surface area (Å²) in [5, 5.41) is 3.09. The fourth-order valence-corrected chi connectivity index (χ4v) is 1.33. The zero-order valence-electron chi connectivity index (χ0n) is 6.92. The van der Waals surface area contributed by atoms with Crippen LogP contribution in [0.1, 0.15) is 0 Å². The van der Waals surface area contributed by atoms with Gasteiger partial charge in [0, 0.05) is 19.6 Å². The first-order chi connectivity index (χ1) is 5.75. The van der Waals surface area contributed by atoms with Gasteiger partial charge in [0.25, 0.3) is 0 Å². The zero-order chi connectivity index (χ0) is 8.97. The molecule has 0 radical (unpaired) electrons. The Morgan fingerprint density at radius 1 is 1.83 bits per heavy atom. The maximum Gasteiger partial charge on any atom is 0.236 e. The molecule has 1 atom stereocenters. The monoisotopic (exact) mass is 167 g/mol. The summed E-state index contributed by atoms with van der Waals surface area (Å²) >= 11 is 0. The van der Waals surface area contributed by atoms with Gasteiger partial charge in [-0.2, -0.15) is 0 Å². The fourth-order valence-electron chi connectivity index (χ4n) is 1.33. The van der Waals surface area contributed by atoms with Crippen molar-refractivity contribution >= 4 is 5.91 Å². The Morgan fingerprint density at radius 3 is 3.17 bits per heavy atom. The third-order valence-corrected chi connectivity index (χ3v) is 1.98. The van der Waals surface area contributed by atoms with Crippen molar-refractivity contribution < 1.29 is 4.79 Å². The number of amides is 1. The molecule has 4 heteroatoms. The Labute approximate surface area is 72.1 Å². The van der Waals surface area contributed by atoms with Crippen LogP contribution in [-0.4, -0.2) is 43.0 Å². The van der Waals surface area contributed by atoms with E-state index >= 15 is 0 Å². The third-order valence-electron chi connectivity index (χ3n) is 1.98. The van der Waals surface area contributed by atoms with Crippen LogP contribution in [0.5, 0.6) is 0 Å². The van der Waals surface area contributed by atoms with E-state index in [0.717, 1.165) is 13.1 Å². The molecule has 0 spiro atoms. The molecule has 4 nitrogen and oxygen atoms in total. The van der Waals surface area contributed by atoms with E-state index in [0.29, 0.717) is 13.1 Å². The second kappa shape index (κ2) is 4.10. The van der Waals surface area contributed by atoms with Gasteiger partial charge in [0.2, 0.25) is 5.91 Å². The number of nitrogens with one attached hydrogen (secondary N) is 1. The second-order valence-electron chi connectivity index (χ2n) is 2.80. The van der Waals surface area contributed by atoms with Gasteiger partial charge in [-0.05, 0) is 0 Å². The number of hydrogen-bond acceptors (Lipinski definition) is 3. The summed E-state index contributed by atoms with van der Waals surface area (Å²) < 4.78 is 0. The molecule has 1 unspecified atom stereocenters. The van der Waals surface area contributed by atoms with Crippen molar-refractivity contribution in [3.8, 4) is 12.3 Å². The summed E-state index contributed by atoms with van der Waals surface area (Å²) in [5.74, 6) is 2.20. The molecule has 1 rings (SSSR count). The molecule has 0 saturated carbocycles. The molecule has 1 heterocycles. The number of carbonyl (C=O) groups is 1. The first kappa shape index (κ1) is 9.04. The van der Waals surface area contributed by atoms with E-state index in [1.54, 1.807) is 0 Å². The van der Waals surface area contributed by atoms with Gasteiger partial charge in [0.15, 0.2) is 0 Å². The van der Waals surface area contributed by atoms with E-state index in [-0.39, 0.29) is 11.9 Å². The molecular weight excluding hydrogens is 154 g/mol. The highest BCUT2D eigenvalue weighted by molar-refractivity contribution is 5.80. The van der Waals surface area contributed by atoms with E-state index in [1.807, 2.05) is 4.90 Å². The van der Waals surface area contributed by atoms with Gasteiger partial charge in [0.1, 0.15) is 6.04 Å². The normalized spacial score (nSPS) is 24.8. The number of nitrogens with two attached hydrogens (primary N) is 1. The Balaban J connectivity index is 2.55. The van der Waals surface area contributed by atoms with Crippen LogP contribution in [0.2, 0.25) is 0 Å². The number of rotatable bonds is 2. The van der Waals surface area contributed by atoms with Crippen LogP contribution in [0, 0.1) is 12.3 Å². The minimum atomic E-state index is -0.308. The molecule has 66 valence electrons. The molecule has 1 amide bonds. The van der Waals surface area contributed by atoms with E-state index in [2.05, 4.69) is 11.2 Å². The van der Waals surface area contributed by atoms with E-state index in [9.17, 15) is 4.79 Å². The lowest BCUT2D eigenvalue weighted by molar-refractivity contribution is -0.123. The summed E-state index contributed by atoms with van der Waals surface area (Å²) in [6.07, 6.45) is 5.16. The minimum Gasteiger partial charge on any atom is -0.368 e. The summed E-state index contributed by atoms with van der Waals surface area (Å²) in [5.41, 5.74) is 5.20. The first-order valence-corrected chi connectivity index (χ1v) is 3.93. The Kier molecular flexibility index (Phi) is 3.09. The Hall–Kier alpha value is -1.05. The molecular formula is C8H13N3O. The number of nitrogens with zero attached hydrogens (tertiary/aromatic N) is 1. The van der Waals surface area contributed by atoms with Gasteiger partial charge in [-0.25, -0.2) is 0 Å². The lowest BCUT2D eigenvalue weighted by Gasteiger charge is -2.32. The Morgan fingerprint density at radius 2 is 2.58 bits per heavy atom. The van der Waals surface area contributed by atoms with Crippen LogP contribution in [0.15, 0.2) is 0 Å². The van der Waals surface area contributed by atoms with Crippen LogP contribution in [-0.2, 0) is 4.79 Å². The molecule has 1 saturated heterocycles. The smallest absolute Gasteiger partial charge is 0.236 e. The summed E-state index contributed by atoms with van der Waals surface area (Å²) in [7, 11) is 0. The van der Waals surface area contributed by atoms with Crippen molar-refractivity contribution in [1.82, 2.24) is 10.2 Å². The predicted molar refractivity (Wildman–Crippen MR) is 46.3 cm³/mol. The van der Waals surface area contributed by atoms with E-state index in [4.69, 9.17) is 12.2 Å². The predicted octanol–water partition coefficient (Wildman–Crippen LogP) is -1.62. The van der Waals surface area contributed by atoms with Gasteiger partial charge in [-0.3, -0.25) is 9.69 Å². The van der Waals surface area contributed by atoms with Crippen LogP contribution in [0.25, 0.3) is 0 Å². The number of piperazine rings is 1. The highest BCUT2D eigenvalue weighted by Crippen LogP contribution is 2.00. The van der Waals surface area contributed by atoms with Gasteiger partial charge in [0.05, 0.1) is 6.54 Å². The molecule has 3 N–H and O–H groups in total. The second-order valence-corrected chi connectivity index (χ2v) is 2.80. The molecule has 1 aliphatic heterocycles. The lowest BCUT2D eigenvalue weighted by atomic mass is 10.2. The van der Waals surface area contributed by atoms with E-state index in [1.165, 1.54) is 0 Å². The van der Waals surface area contributed by atoms with E-state index < -0.39 is 0 Å². The third kappa shape index (κ3) is 1.97. The van der Waals surface area contributed by atoms with Gasteiger partial charge in [-0.1, -0.05) is 5.92 Å². The van der Waals surface area contributed by atoms with Crippen LogP contribution >= 0.6 is 0 Å². The molecule has 0 aromatic rings. The molecule has 0 aliphatic carbocycles. The van der Waals surface area contributed by atoms with Gasteiger partial charge >= 0.3 is 0 Å². The van der Waals surface area contributed by atoms with Crippen molar-refractivity contribution in [2.45, 2.75) is 6.04 Å². The molecule has 1 fully saturated rings. The lowest BCUT2D eigenvalue weighted by Crippen LogP contribution is -2.56. The number of terminal acetylenes is 1. The zero-order valence-corrected chi connectivity index (χ0v) is 6.92. The summed E-state index contributed by atoms with van der Waals surface area (Å²) in [4.78, 5) is 12.8. The minimum absolute atomic E-state index is 0.241. The average Bonchev–Trinajstić information content (AvgIpc) is 2.05. The SMILES string of the molecule is C#CCN1CCNCC1C(N)=O. The summed E-state index contributed by atoms with van der Waals surface area (Å²) in [6.45, 7) is 2.76. The first-order valence-electron chi connectivity index (χ1n) is 3.93. The quantitative estimate of drug-likeness (QED) is 0.486. The standard InChI is InChI=1S/C8H13N3O/c1-2-4-11-5-3-10-6-7(11)8(9)12/h1,7,10H,3-6H2,(H2,9,12). The largest absolute Gasteiger partial charge is 0.368 e. The van der Waals surface area contributed by atoms with Crippen molar-refractivity contribution in [1.29, 1.82) is 0 Å². The molecule has 1 aliphatic rings. The van der Waals surface area contributed by atoms with Crippen molar-refractivity contribution in [3.63, 3.8) is 0 Å². The molecule has 12 heavy (non-hydrogen) atoms. The molecule has 0 aromatic heterocycles. The fraction of sp³-hybridized carbons (Fsp3) is 0.625. The van der Waals surface area contributed by atoms with Crippen molar-refractivity contribution in [3.05, 3.63) is 0 Å². The van der Waals surface area contributed by atoms with Crippen LogP contribution in [0.4, 0.5) is 0 Å². The van der Waals surface area contributed by atoms with Crippen LogP contribution in [0.3, 0.4) is 0 Å². The highest BCUT2D eigenvalue weighted by atomic mass is 16.1. The number of carbonyl (C=O) groups excluding carboxylic acids is 1. The maximum atomic E-state index is 10.9. The van der Waals surface area contributed by atoms with Crippen molar-refractivity contribution in [2.75, 3.05) is 26.2 Å². The average molecular weight is 167 g/mol. The van der Waals surface area contributed by atoms with Gasteiger partial charge < -0.3 is 11.1 Å². The maximum absolute atomic E-state index is 10.9. The topological polar surface area (TPSA) is 58.4 Å². The highest BCUT2D eigenvalue weighted by Gasteiger charge is 2.25. The van der Waals surface area contributed by atoms with Crippen molar-refractivity contribution in [2.24, 2.45) is 5.73 Å². The molecule has 0 aromatic carbocycles. The number of primary amides is 1. The summed E-state index contributed by atoms with van der Waals surface area (Å²) in [6, 6.07) is -0.241. The van der Waals surface area contributed by atoms with Gasteiger partial charge in [-0.15, -0.1) is 6.42 Å². The number of hydrogen-bond donors (Lipinski definition) is 2. The van der Waals surface area contributed by atoms with Crippen LogP contribution < -0.4 is 11.1 Å². The molecule has 0 bridgehead atoms.